The maximum atomic E-state index is 12.9. The Labute approximate surface area is 135 Å². The molecule has 0 aromatic carbocycles. The minimum absolute atomic E-state index is 0.111. The maximum Gasteiger partial charge on any atom is 0.270 e. The third-order valence-corrected chi connectivity index (χ3v) is 4.96. The smallest absolute Gasteiger partial charge is 0.270 e. The third kappa shape index (κ3) is 3.51. The number of amides is 1. The first-order chi connectivity index (χ1) is 9.97. The maximum absolute atomic E-state index is 12.9. The van der Waals surface area contributed by atoms with Crippen LogP contribution in [0.3, 0.4) is 0 Å². The summed E-state index contributed by atoms with van der Waals surface area (Å²) < 4.78 is 2.98. The minimum atomic E-state index is 0.111. The van der Waals surface area contributed by atoms with Gasteiger partial charge >= 0.3 is 0 Å². The number of hydrogen-bond acceptors (Lipinski definition) is 2. The van der Waals surface area contributed by atoms with Crippen LogP contribution in [0.1, 0.15) is 56.6 Å². The second kappa shape index (κ2) is 6.97. The normalized spacial score (nSPS) is 22.9. The van der Waals surface area contributed by atoms with Gasteiger partial charge in [-0.15, -0.1) is 0 Å². The summed E-state index contributed by atoms with van der Waals surface area (Å²) in [6.45, 7) is 7.77. The van der Waals surface area contributed by atoms with Crippen LogP contribution >= 0.6 is 15.9 Å². The Balaban J connectivity index is 2.23. The van der Waals surface area contributed by atoms with Crippen molar-refractivity contribution < 1.29 is 4.79 Å². The molecule has 0 saturated carbocycles. The Morgan fingerprint density at radius 3 is 2.81 bits per heavy atom. The van der Waals surface area contributed by atoms with Crippen molar-refractivity contribution in [2.75, 3.05) is 13.1 Å². The lowest BCUT2D eigenvalue weighted by molar-refractivity contribution is 0.0546. The van der Waals surface area contributed by atoms with Crippen molar-refractivity contribution in [3.05, 3.63) is 22.4 Å². The molecule has 1 aromatic rings. The zero-order chi connectivity index (χ0) is 15.6. The molecule has 2 atom stereocenters. The molecule has 21 heavy (non-hydrogen) atoms. The van der Waals surface area contributed by atoms with Gasteiger partial charge in [-0.3, -0.25) is 4.79 Å². The van der Waals surface area contributed by atoms with Crippen molar-refractivity contribution >= 4 is 21.8 Å². The molecule has 0 aliphatic carbocycles. The Kier molecular flexibility index (Phi) is 5.49. The van der Waals surface area contributed by atoms with Gasteiger partial charge in [0, 0.05) is 35.8 Å². The summed E-state index contributed by atoms with van der Waals surface area (Å²) in [5.74, 6) is 0.811. The second-order valence-electron chi connectivity index (χ2n) is 6.23. The van der Waals surface area contributed by atoms with Gasteiger partial charge in [-0.25, -0.2) is 0 Å². The van der Waals surface area contributed by atoms with Crippen LogP contribution in [-0.2, 0) is 0 Å². The molecule has 118 valence electrons. The van der Waals surface area contributed by atoms with E-state index in [1.54, 1.807) is 0 Å². The number of likely N-dealkylation sites (tertiary alicyclic amines) is 1. The summed E-state index contributed by atoms with van der Waals surface area (Å²) in [5.41, 5.74) is 6.67. The largest absolute Gasteiger partial charge is 0.340 e. The van der Waals surface area contributed by atoms with Crippen molar-refractivity contribution in [1.82, 2.24) is 9.47 Å². The van der Waals surface area contributed by atoms with Gasteiger partial charge in [0.25, 0.3) is 5.91 Å². The summed E-state index contributed by atoms with van der Waals surface area (Å²) in [5, 5.41) is 0. The van der Waals surface area contributed by atoms with Crippen LogP contribution in [0.4, 0.5) is 0 Å². The molecule has 2 unspecified atom stereocenters. The molecule has 1 amide bonds. The van der Waals surface area contributed by atoms with E-state index in [1.165, 1.54) is 6.42 Å². The van der Waals surface area contributed by atoms with Gasteiger partial charge in [-0.2, -0.15) is 0 Å². The van der Waals surface area contributed by atoms with E-state index in [0.717, 1.165) is 29.6 Å². The van der Waals surface area contributed by atoms with Gasteiger partial charge in [-0.05, 0) is 54.6 Å². The van der Waals surface area contributed by atoms with Crippen LogP contribution in [0.15, 0.2) is 16.7 Å². The molecule has 2 N–H and O–H groups in total. The summed E-state index contributed by atoms with van der Waals surface area (Å²) in [6.07, 6.45) is 5.27. The zero-order valence-electron chi connectivity index (χ0n) is 13.2. The fourth-order valence-corrected chi connectivity index (χ4v) is 3.62. The Morgan fingerprint density at radius 1 is 1.52 bits per heavy atom. The highest BCUT2D eigenvalue weighted by molar-refractivity contribution is 9.10. The first-order valence-corrected chi connectivity index (χ1v) is 8.65. The highest BCUT2D eigenvalue weighted by Crippen LogP contribution is 2.28. The lowest BCUT2D eigenvalue weighted by Crippen LogP contribution is -2.50. The van der Waals surface area contributed by atoms with Crippen molar-refractivity contribution in [1.29, 1.82) is 0 Å². The van der Waals surface area contributed by atoms with Crippen LogP contribution in [-0.4, -0.2) is 34.5 Å². The number of carbonyl (C=O) groups excluding carboxylic acids is 1. The average Bonchev–Trinajstić information content (AvgIpc) is 2.88. The fraction of sp³-hybridized carbons (Fsp3) is 0.688. The number of piperidine rings is 1. The van der Waals surface area contributed by atoms with E-state index in [1.807, 2.05) is 21.7 Å². The number of hydrogen-bond donors (Lipinski definition) is 1. The zero-order valence-corrected chi connectivity index (χ0v) is 14.8. The molecular formula is C16H26BrN3O. The summed E-state index contributed by atoms with van der Waals surface area (Å²) in [6, 6.07) is 2.35. The first kappa shape index (κ1) is 16.6. The van der Waals surface area contributed by atoms with Crippen molar-refractivity contribution in [3.63, 3.8) is 0 Å². The molecule has 5 heteroatoms. The number of halogens is 1. The van der Waals surface area contributed by atoms with E-state index in [2.05, 4.69) is 36.7 Å². The number of carbonyl (C=O) groups is 1. The number of aromatic nitrogens is 1. The topological polar surface area (TPSA) is 51.3 Å². The highest BCUT2D eigenvalue weighted by Gasteiger charge is 2.32. The van der Waals surface area contributed by atoms with E-state index >= 15 is 0 Å². The summed E-state index contributed by atoms with van der Waals surface area (Å²) in [4.78, 5) is 14.9. The second-order valence-corrected chi connectivity index (χ2v) is 7.15. The summed E-state index contributed by atoms with van der Waals surface area (Å²) >= 11 is 3.48. The SMILES string of the molecule is CCC1CCN(C(=O)c2cc(Br)cn2C(C)C)C(CN)C1. The molecule has 2 heterocycles. The Hall–Kier alpha value is -0.810. The predicted molar refractivity (Wildman–Crippen MR) is 89.4 cm³/mol. The molecule has 0 radical (unpaired) electrons. The molecular weight excluding hydrogens is 330 g/mol. The van der Waals surface area contributed by atoms with Crippen LogP contribution in [0.2, 0.25) is 0 Å². The molecule has 1 aliphatic heterocycles. The molecule has 1 saturated heterocycles. The molecule has 1 aromatic heterocycles. The Morgan fingerprint density at radius 2 is 2.24 bits per heavy atom. The van der Waals surface area contributed by atoms with Gasteiger partial charge in [-0.1, -0.05) is 13.3 Å². The van der Waals surface area contributed by atoms with E-state index < -0.39 is 0 Å². The van der Waals surface area contributed by atoms with Crippen molar-refractivity contribution in [2.45, 2.75) is 52.1 Å². The van der Waals surface area contributed by atoms with Gasteiger partial charge in [0.05, 0.1) is 0 Å². The minimum Gasteiger partial charge on any atom is -0.340 e. The van der Waals surface area contributed by atoms with Crippen LogP contribution in [0.25, 0.3) is 0 Å². The molecule has 0 bridgehead atoms. The van der Waals surface area contributed by atoms with Crippen LogP contribution in [0, 0.1) is 5.92 Å². The monoisotopic (exact) mass is 355 g/mol. The number of nitrogens with two attached hydrogens (primary N) is 1. The van der Waals surface area contributed by atoms with Gasteiger partial charge in [0.1, 0.15) is 5.69 Å². The van der Waals surface area contributed by atoms with Crippen molar-refractivity contribution in [3.8, 4) is 0 Å². The molecule has 4 nitrogen and oxygen atoms in total. The standard InChI is InChI=1S/C16H26BrN3O/c1-4-12-5-6-19(14(7-12)9-18)16(21)15-8-13(17)10-20(15)11(2)3/h8,10-12,14H,4-7,9,18H2,1-3H3. The number of nitrogens with zero attached hydrogens (tertiary/aromatic N) is 2. The lowest BCUT2D eigenvalue weighted by atomic mass is 9.88. The fourth-order valence-electron chi connectivity index (χ4n) is 3.19. The van der Waals surface area contributed by atoms with Gasteiger partial charge < -0.3 is 15.2 Å². The average molecular weight is 356 g/mol. The van der Waals surface area contributed by atoms with E-state index in [4.69, 9.17) is 5.73 Å². The van der Waals surface area contributed by atoms with E-state index in [-0.39, 0.29) is 18.0 Å². The van der Waals surface area contributed by atoms with E-state index in [0.29, 0.717) is 12.5 Å². The van der Waals surface area contributed by atoms with E-state index in [9.17, 15) is 4.79 Å². The van der Waals surface area contributed by atoms with Crippen molar-refractivity contribution in [2.24, 2.45) is 11.7 Å². The van der Waals surface area contributed by atoms with Gasteiger partial charge in [0.2, 0.25) is 0 Å². The highest BCUT2D eigenvalue weighted by atomic mass is 79.9. The molecule has 2 rings (SSSR count). The quantitative estimate of drug-likeness (QED) is 0.899. The third-order valence-electron chi connectivity index (χ3n) is 4.53. The molecule has 1 aliphatic rings. The summed E-state index contributed by atoms with van der Waals surface area (Å²) in [7, 11) is 0. The van der Waals surface area contributed by atoms with Crippen LogP contribution in [0.5, 0.6) is 0 Å². The predicted octanol–water partition coefficient (Wildman–Crippen LogP) is 3.42. The van der Waals surface area contributed by atoms with Crippen LogP contribution < -0.4 is 5.73 Å². The van der Waals surface area contributed by atoms with Gasteiger partial charge in [0.15, 0.2) is 0 Å². The molecule has 0 spiro atoms. The Bertz CT molecular complexity index is 498. The lowest BCUT2D eigenvalue weighted by Gasteiger charge is -2.39. The molecule has 1 fully saturated rings. The first-order valence-electron chi connectivity index (χ1n) is 7.86. The number of rotatable bonds is 4.